The number of ether oxygens (including phenoxy) is 1. The first-order valence-corrected chi connectivity index (χ1v) is 7.73. The van der Waals surface area contributed by atoms with E-state index in [0.29, 0.717) is 25.3 Å². The molecule has 1 aliphatic rings. The summed E-state index contributed by atoms with van der Waals surface area (Å²) in [5.74, 6) is -3.08. The molecule has 0 radical (unpaired) electrons. The molecule has 0 heterocycles. The first kappa shape index (κ1) is 18.0. The predicted octanol–water partition coefficient (Wildman–Crippen LogP) is 1.92. The minimum Gasteiger partial charge on any atom is -0.467 e. The molecule has 1 aromatic carbocycles. The third-order valence-corrected chi connectivity index (χ3v) is 4.13. The van der Waals surface area contributed by atoms with Crippen molar-refractivity contribution >= 4 is 17.7 Å². The Bertz CT molecular complexity index is 647. The van der Waals surface area contributed by atoms with Gasteiger partial charge in [-0.2, -0.15) is 0 Å². The zero-order valence-corrected chi connectivity index (χ0v) is 13.3. The van der Waals surface area contributed by atoms with Gasteiger partial charge in [-0.1, -0.05) is 6.07 Å². The molecular weight excluding hydrogens is 320 g/mol. The van der Waals surface area contributed by atoms with Crippen LogP contribution in [0.4, 0.5) is 8.78 Å². The second kappa shape index (κ2) is 7.99. The van der Waals surface area contributed by atoms with E-state index in [2.05, 4.69) is 5.32 Å². The summed E-state index contributed by atoms with van der Waals surface area (Å²) >= 11 is 0. The highest BCUT2D eigenvalue weighted by Crippen LogP contribution is 2.25. The van der Waals surface area contributed by atoms with Crippen molar-refractivity contribution in [2.75, 3.05) is 7.11 Å². The fraction of sp³-hybridized carbons (Fsp3) is 0.471. The molecule has 1 fully saturated rings. The minimum absolute atomic E-state index is 0.0252. The maximum atomic E-state index is 13.6. The summed E-state index contributed by atoms with van der Waals surface area (Å²) in [5.41, 5.74) is 0.0252. The van der Waals surface area contributed by atoms with Crippen molar-refractivity contribution in [2.24, 2.45) is 5.92 Å². The van der Waals surface area contributed by atoms with Crippen LogP contribution in [0.2, 0.25) is 0 Å². The number of Topliss-reactive ketones (excluding diaryl/α,β-unsaturated/α-hetero) is 1. The zero-order chi connectivity index (χ0) is 17.7. The van der Waals surface area contributed by atoms with Gasteiger partial charge in [0, 0.05) is 18.9 Å². The molecule has 0 bridgehead atoms. The van der Waals surface area contributed by atoms with Gasteiger partial charge >= 0.3 is 5.97 Å². The third-order valence-electron chi connectivity index (χ3n) is 4.13. The normalized spacial score (nSPS) is 18.8. The number of rotatable bonds is 5. The van der Waals surface area contributed by atoms with Gasteiger partial charge in [-0.05, 0) is 30.4 Å². The van der Waals surface area contributed by atoms with Gasteiger partial charge in [0.25, 0.3) is 0 Å². The molecule has 1 N–H and O–H groups in total. The van der Waals surface area contributed by atoms with E-state index >= 15 is 0 Å². The van der Waals surface area contributed by atoms with Crippen LogP contribution in [-0.4, -0.2) is 30.8 Å². The van der Waals surface area contributed by atoms with Gasteiger partial charge in [0.1, 0.15) is 23.5 Å². The Labute approximate surface area is 138 Å². The molecule has 2 atom stereocenters. The lowest BCUT2D eigenvalue weighted by molar-refractivity contribution is -0.147. The maximum Gasteiger partial charge on any atom is 0.328 e. The molecule has 1 saturated carbocycles. The molecule has 2 rings (SSSR count). The first-order chi connectivity index (χ1) is 11.4. The van der Waals surface area contributed by atoms with Crippen LogP contribution in [0.3, 0.4) is 0 Å². The molecule has 1 aromatic rings. The smallest absolute Gasteiger partial charge is 0.328 e. The number of amides is 1. The molecular formula is C17H19F2NO4. The van der Waals surface area contributed by atoms with Crippen LogP contribution in [0, 0.1) is 17.6 Å². The van der Waals surface area contributed by atoms with Gasteiger partial charge in [0.05, 0.1) is 13.5 Å². The molecule has 1 aliphatic carbocycles. The van der Waals surface area contributed by atoms with Gasteiger partial charge < -0.3 is 10.1 Å². The quantitative estimate of drug-likeness (QED) is 0.832. The minimum atomic E-state index is -0.949. The number of hydrogen-bond donors (Lipinski definition) is 1. The second-order valence-corrected chi connectivity index (χ2v) is 5.88. The molecule has 5 nitrogen and oxygen atoms in total. The molecule has 0 aliphatic heterocycles. The van der Waals surface area contributed by atoms with Crippen LogP contribution in [-0.2, 0) is 25.5 Å². The van der Waals surface area contributed by atoms with Crippen LogP contribution in [0.5, 0.6) is 0 Å². The highest BCUT2D eigenvalue weighted by atomic mass is 19.1. The lowest BCUT2D eigenvalue weighted by atomic mass is 9.83. The zero-order valence-electron chi connectivity index (χ0n) is 13.3. The highest BCUT2D eigenvalue weighted by molar-refractivity contribution is 5.87. The molecule has 130 valence electrons. The SMILES string of the molecule is COC(=O)[C@@H](NC(=O)Cc1ccc(F)cc1F)[C@@H]1CCCC(=O)C1. The number of halogens is 2. The summed E-state index contributed by atoms with van der Waals surface area (Å²) in [6.45, 7) is 0. The Morgan fingerprint density at radius 1 is 1.38 bits per heavy atom. The van der Waals surface area contributed by atoms with E-state index in [0.717, 1.165) is 6.07 Å². The fourth-order valence-corrected chi connectivity index (χ4v) is 2.90. The van der Waals surface area contributed by atoms with Crippen molar-refractivity contribution < 1.29 is 27.9 Å². The molecule has 0 saturated heterocycles. The number of hydrogen-bond acceptors (Lipinski definition) is 4. The molecule has 1 amide bonds. The number of ketones is 1. The number of carbonyl (C=O) groups is 3. The standard InChI is InChI=1S/C17H19F2NO4/c1-24-17(23)16(11-3-2-4-13(21)7-11)20-15(22)8-10-5-6-12(18)9-14(10)19/h5-6,9,11,16H,2-4,7-8H2,1H3,(H,20,22)/t11-,16+/m1/s1. The summed E-state index contributed by atoms with van der Waals surface area (Å²) < 4.78 is 31.2. The van der Waals surface area contributed by atoms with Crippen LogP contribution >= 0.6 is 0 Å². The van der Waals surface area contributed by atoms with E-state index < -0.39 is 29.6 Å². The monoisotopic (exact) mass is 339 g/mol. The summed E-state index contributed by atoms with van der Waals surface area (Å²) in [4.78, 5) is 35.7. The first-order valence-electron chi connectivity index (χ1n) is 7.73. The van der Waals surface area contributed by atoms with Crippen LogP contribution in [0.15, 0.2) is 18.2 Å². The van der Waals surface area contributed by atoms with E-state index in [9.17, 15) is 23.2 Å². The van der Waals surface area contributed by atoms with E-state index in [1.54, 1.807) is 0 Å². The number of benzene rings is 1. The van der Waals surface area contributed by atoms with E-state index in [4.69, 9.17) is 4.74 Å². The topological polar surface area (TPSA) is 72.5 Å². The van der Waals surface area contributed by atoms with Crippen LogP contribution < -0.4 is 5.32 Å². The lowest BCUT2D eigenvalue weighted by Crippen LogP contribution is -2.48. The average Bonchev–Trinajstić information content (AvgIpc) is 2.54. The number of esters is 1. The molecule has 0 unspecified atom stereocenters. The van der Waals surface area contributed by atoms with Crippen molar-refractivity contribution in [1.82, 2.24) is 5.32 Å². The Kier molecular flexibility index (Phi) is 6.00. The van der Waals surface area contributed by atoms with Crippen molar-refractivity contribution in [3.63, 3.8) is 0 Å². The molecule has 24 heavy (non-hydrogen) atoms. The molecule has 7 heteroatoms. The number of methoxy groups -OCH3 is 1. The van der Waals surface area contributed by atoms with Gasteiger partial charge in [-0.15, -0.1) is 0 Å². The summed E-state index contributed by atoms with van der Waals surface area (Å²) in [6, 6.07) is 1.99. The third kappa shape index (κ3) is 4.59. The predicted molar refractivity (Wildman–Crippen MR) is 81.0 cm³/mol. The largest absolute Gasteiger partial charge is 0.467 e. The van der Waals surface area contributed by atoms with E-state index in [-0.39, 0.29) is 30.1 Å². The Balaban J connectivity index is 2.06. The van der Waals surface area contributed by atoms with E-state index in [1.165, 1.54) is 13.2 Å². The number of nitrogens with one attached hydrogen (secondary N) is 1. The molecule has 0 spiro atoms. The summed E-state index contributed by atoms with van der Waals surface area (Å²) in [7, 11) is 1.20. The molecule has 0 aromatic heterocycles. The van der Waals surface area contributed by atoms with Gasteiger partial charge in [-0.3, -0.25) is 9.59 Å². The maximum absolute atomic E-state index is 13.6. The highest BCUT2D eigenvalue weighted by Gasteiger charge is 2.34. The van der Waals surface area contributed by atoms with Crippen molar-refractivity contribution in [1.29, 1.82) is 0 Å². The Morgan fingerprint density at radius 3 is 2.75 bits per heavy atom. The Morgan fingerprint density at radius 2 is 2.12 bits per heavy atom. The van der Waals surface area contributed by atoms with Crippen LogP contribution in [0.1, 0.15) is 31.2 Å². The van der Waals surface area contributed by atoms with Gasteiger partial charge in [-0.25, -0.2) is 13.6 Å². The van der Waals surface area contributed by atoms with Crippen molar-refractivity contribution in [3.8, 4) is 0 Å². The van der Waals surface area contributed by atoms with Gasteiger partial charge in [0.2, 0.25) is 5.91 Å². The average molecular weight is 339 g/mol. The van der Waals surface area contributed by atoms with Crippen molar-refractivity contribution in [2.45, 2.75) is 38.1 Å². The van der Waals surface area contributed by atoms with Crippen molar-refractivity contribution in [3.05, 3.63) is 35.4 Å². The fourth-order valence-electron chi connectivity index (χ4n) is 2.90. The summed E-state index contributed by atoms with van der Waals surface area (Å²) in [5, 5.41) is 2.52. The number of carbonyl (C=O) groups excluding carboxylic acids is 3. The van der Waals surface area contributed by atoms with Crippen LogP contribution in [0.25, 0.3) is 0 Å². The van der Waals surface area contributed by atoms with E-state index in [1.807, 2.05) is 0 Å². The summed E-state index contributed by atoms with van der Waals surface area (Å²) in [6.07, 6.45) is 1.61. The lowest BCUT2D eigenvalue weighted by Gasteiger charge is -2.28. The van der Waals surface area contributed by atoms with Gasteiger partial charge in [0.15, 0.2) is 0 Å². The Hall–Kier alpha value is -2.31. The second-order valence-electron chi connectivity index (χ2n) is 5.88.